The number of primary amides is 1. The van der Waals surface area contributed by atoms with Gasteiger partial charge in [0.25, 0.3) is 0 Å². The van der Waals surface area contributed by atoms with Crippen molar-refractivity contribution in [1.82, 2.24) is 0 Å². The number of hydrogen-bond acceptors (Lipinski definition) is 2. The average Bonchev–Trinajstić information content (AvgIpc) is 2.43. The molecule has 21 heavy (non-hydrogen) atoms. The summed E-state index contributed by atoms with van der Waals surface area (Å²) in [4.78, 5) is 11.1. The van der Waals surface area contributed by atoms with Gasteiger partial charge in [-0.1, -0.05) is 6.07 Å². The predicted molar refractivity (Wildman–Crippen MR) is 81.1 cm³/mol. The fourth-order valence-corrected chi connectivity index (χ4v) is 2.28. The quantitative estimate of drug-likeness (QED) is 0.871. The zero-order valence-electron chi connectivity index (χ0n) is 11.2. The van der Waals surface area contributed by atoms with E-state index in [1.807, 2.05) is 0 Å². The number of nitrogens with two attached hydrogens (primary N) is 1. The van der Waals surface area contributed by atoms with E-state index in [0.717, 1.165) is 5.56 Å². The molecule has 0 spiro atoms. The van der Waals surface area contributed by atoms with Gasteiger partial charge in [0.1, 0.15) is 11.6 Å². The van der Waals surface area contributed by atoms with E-state index in [0.29, 0.717) is 4.47 Å². The highest BCUT2D eigenvalue weighted by molar-refractivity contribution is 9.10. The molecule has 0 saturated heterocycles. The second-order valence-corrected chi connectivity index (χ2v) is 5.45. The van der Waals surface area contributed by atoms with Crippen molar-refractivity contribution in [1.29, 1.82) is 0 Å². The lowest BCUT2D eigenvalue weighted by Gasteiger charge is -2.17. The van der Waals surface area contributed by atoms with E-state index in [1.54, 1.807) is 19.1 Å². The fraction of sp³-hybridized carbons (Fsp3) is 0.133. The molecule has 0 aromatic heterocycles. The Morgan fingerprint density at radius 2 is 1.86 bits per heavy atom. The molecule has 3 N–H and O–H groups in total. The first-order valence-electron chi connectivity index (χ1n) is 6.19. The average molecular weight is 355 g/mol. The van der Waals surface area contributed by atoms with Gasteiger partial charge in [0.05, 0.1) is 10.2 Å². The Morgan fingerprint density at radius 1 is 1.19 bits per heavy atom. The largest absolute Gasteiger partial charge is 0.376 e. The van der Waals surface area contributed by atoms with E-state index in [9.17, 15) is 13.6 Å². The number of nitrogens with one attached hydrogen (secondary N) is 1. The summed E-state index contributed by atoms with van der Waals surface area (Å²) in [5.41, 5.74) is 6.32. The molecule has 3 nitrogen and oxygen atoms in total. The van der Waals surface area contributed by atoms with Crippen LogP contribution in [0.15, 0.2) is 40.9 Å². The van der Waals surface area contributed by atoms with Crippen molar-refractivity contribution in [3.05, 3.63) is 63.6 Å². The molecule has 0 bridgehead atoms. The molecule has 2 aromatic rings. The topological polar surface area (TPSA) is 55.1 Å². The van der Waals surface area contributed by atoms with E-state index in [2.05, 4.69) is 21.2 Å². The molecule has 2 aromatic carbocycles. The highest BCUT2D eigenvalue weighted by Gasteiger charge is 2.12. The molecule has 110 valence electrons. The lowest BCUT2D eigenvalue weighted by atomic mass is 10.1. The third-order valence-corrected chi connectivity index (χ3v) is 3.67. The lowest BCUT2D eigenvalue weighted by Crippen LogP contribution is -2.13. The second kappa shape index (κ2) is 6.22. The first-order valence-corrected chi connectivity index (χ1v) is 6.98. The van der Waals surface area contributed by atoms with E-state index in [4.69, 9.17) is 5.73 Å². The first-order chi connectivity index (χ1) is 9.88. The van der Waals surface area contributed by atoms with Gasteiger partial charge >= 0.3 is 0 Å². The smallest absolute Gasteiger partial charge is 0.248 e. The van der Waals surface area contributed by atoms with Crippen molar-refractivity contribution in [2.24, 2.45) is 5.73 Å². The monoisotopic (exact) mass is 354 g/mol. The number of benzene rings is 2. The maximum Gasteiger partial charge on any atom is 0.248 e. The van der Waals surface area contributed by atoms with Gasteiger partial charge in [-0.3, -0.25) is 4.79 Å². The van der Waals surface area contributed by atoms with Crippen molar-refractivity contribution >= 4 is 27.5 Å². The van der Waals surface area contributed by atoms with Gasteiger partial charge in [-0.25, -0.2) is 8.78 Å². The fourth-order valence-electron chi connectivity index (χ4n) is 1.89. The second-order valence-electron chi connectivity index (χ2n) is 4.60. The Labute approximate surface area is 129 Å². The third kappa shape index (κ3) is 3.58. The van der Waals surface area contributed by atoms with E-state index >= 15 is 0 Å². The van der Waals surface area contributed by atoms with Crippen LogP contribution in [0.1, 0.15) is 28.9 Å². The summed E-state index contributed by atoms with van der Waals surface area (Å²) in [5, 5.41) is 2.94. The van der Waals surface area contributed by atoms with Gasteiger partial charge in [0, 0.05) is 11.6 Å². The Morgan fingerprint density at radius 3 is 2.48 bits per heavy atom. The molecular weight excluding hydrogens is 342 g/mol. The van der Waals surface area contributed by atoms with Crippen molar-refractivity contribution in [3.8, 4) is 0 Å². The van der Waals surface area contributed by atoms with Crippen LogP contribution in [-0.4, -0.2) is 5.91 Å². The normalized spacial score (nSPS) is 12.0. The number of carbonyl (C=O) groups excluding carboxylic acids is 1. The number of halogens is 3. The molecule has 2 rings (SSSR count). The molecule has 0 fully saturated rings. The maximum atomic E-state index is 13.8. The molecule has 0 saturated carbocycles. The molecule has 0 aliphatic rings. The molecule has 0 aliphatic heterocycles. The summed E-state index contributed by atoms with van der Waals surface area (Å²) in [6.45, 7) is 1.80. The van der Waals surface area contributed by atoms with E-state index in [1.165, 1.54) is 24.3 Å². The lowest BCUT2D eigenvalue weighted by molar-refractivity contribution is 0.100. The molecule has 1 atom stereocenters. The van der Waals surface area contributed by atoms with Crippen LogP contribution in [0.3, 0.4) is 0 Å². The van der Waals surface area contributed by atoms with Gasteiger partial charge in [0.15, 0.2) is 0 Å². The molecule has 6 heteroatoms. The van der Waals surface area contributed by atoms with Crippen LogP contribution in [0.25, 0.3) is 0 Å². The molecule has 0 radical (unpaired) electrons. The van der Waals surface area contributed by atoms with Gasteiger partial charge in [-0.2, -0.15) is 0 Å². The Kier molecular flexibility index (Phi) is 4.57. The van der Waals surface area contributed by atoms with Gasteiger partial charge in [0.2, 0.25) is 5.91 Å². The van der Waals surface area contributed by atoms with Crippen LogP contribution in [0, 0.1) is 11.6 Å². The van der Waals surface area contributed by atoms with E-state index < -0.39 is 11.7 Å². The summed E-state index contributed by atoms with van der Waals surface area (Å²) in [5.74, 6) is -1.49. The van der Waals surface area contributed by atoms with Crippen LogP contribution in [0.5, 0.6) is 0 Å². The number of carbonyl (C=O) groups is 1. The summed E-state index contributed by atoms with van der Waals surface area (Å²) >= 11 is 3.11. The van der Waals surface area contributed by atoms with Gasteiger partial charge in [-0.15, -0.1) is 0 Å². The summed E-state index contributed by atoms with van der Waals surface area (Å²) in [7, 11) is 0. The molecule has 1 unspecified atom stereocenters. The molecule has 0 aliphatic carbocycles. The van der Waals surface area contributed by atoms with Crippen molar-refractivity contribution in [2.75, 3.05) is 5.32 Å². The number of amides is 1. The molecule has 0 heterocycles. The Hall–Kier alpha value is -1.95. The van der Waals surface area contributed by atoms with Gasteiger partial charge in [-0.05, 0) is 58.7 Å². The van der Waals surface area contributed by atoms with Crippen LogP contribution in [-0.2, 0) is 0 Å². The van der Waals surface area contributed by atoms with Crippen LogP contribution in [0.4, 0.5) is 14.5 Å². The van der Waals surface area contributed by atoms with Crippen LogP contribution >= 0.6 is 15.9 Å². The summed E-state index contributed by atoms with van der Waals surface area (Å²) in [6.07, 6.45) is 0. The van der Waals surface area contributed by atoms with Crippen LogP contribution in [0.2, 0.25) is 0 Å². The highest BCUT2D eigenvalue weighted by atomic mass is 79.9. The predicted octanol–water partition coefficient (Wildman–Crippen LogP) is 4.00. The summed E-state index contributed by atoms with van der Waals surface area (Å²) < 4.78 is 27.3. The third-order valence-electron chi connectivity index (χ3n) is 3.07. The summed E-state index contributed by atoms with van der Waals surface area (Å²) in [6, 6.07) is 8.12. The zero-order valence-corrected chi connectivity index (χ0v) is 12.7. The Balaban J connectivity index is 2.26. The number of hydrogen-bond donors (Lipinski definition) is 2. The highest BCUT2D eigenvalue weighted by Crippen LogP contribution is 2.25. The number of rotatable bonds is 4. The van der Waals surface area contributed by atoms with Gasteiger partial charge < -0.3 is 11.1 Å². The molecule has 1 amide bonds. The van der Waals surface area contributed by atoms with E-state index in [-0.39, 0.29) is 23.1 Å². The minimum atomic E-state index is -0.629. The van der Waals surface area contributed by atoms with Crippen LogP contribution < -0.4 is 11.1 Å². The first kappa shape index (κ1) is 15.4. The Bertz CT molecular complexity index is 691. The van der Waals surface area contributed by atoms with Crippen molar-refractivity contribution < 1.29 is 13.6 Å². The number of anilines is 1. The zero-order chi connectivity index (χ0) is 15.6. The minimum absolute atomic E-state index is 0.166. The van der Waals surface area contributed by atoms with Crippen molar-refractivity contribution in [3.63, 3.8) is 0 Å². The SMILES string of the molecule is CC(Nc1cc(C(N)=O)ccc1F)c1ccc(F)c(Br)c1. The van der Waals surface area contributed by atoms with Crippen molar-refractivity contribution in [2.45, 2.75) is 13.0 Å². The minimum Gasteiger partial charge on any atom is -0.376 e. The standard InChI is InChI=1S/C15H13BrF2N2O/c1-8(9-2-4-12(17)11(16)6-9)20-14-7-10(15(19)21)3-5-13(14)18/h2-8,20H,1H3,(H2,19,21). The maximum absolute atomic E-state index is 13.8. The molecular formula is C15H13BrF2N2O.